The van der Waals surface area contributed by atoms with Crippen LogP contribution in [0, 0.1) is 0 Å². The topological polar surface area (TPSA) is 49.1 Å². The number of fused-ring (bicyclic) bond motifs is 3. The Morgan fingerprint density at radius 1 is 1.44 bits per heavy atom. The summed E-state index contributed by atoms with van der Waals surface area (Å²) in [7, 11) is 0. The lowest BCUT2D eigenvalue weighted by Gasteiger charge is -2.18. The molecule has 2 aromatic rings. The van der Waals surface area contributed by atoms with Crippen molar-refractivity contribution in [2.24, 2.45) is 0 Å². The van der Waals surface area contributed by atoms with Crippen molar-refractivity contribution in [3.8, 4) is 11.4 Å². The minimum Gasteiger partial charge on any atom is -0.465 e. The van der Waals surface area contributed by atoms with Gasteiger partial charge < -0.3 is 9.30 Å². The van der Waals surface area contributed by atoms with Gasteiger partial charge in [0.2, 0.25) is 0 Å². The molecule has 0 fully saturated rings. The Kier molecular flexibility index (Phi) is 6.39. The zero-order chi connectivity index (χ0) is 18.4. The summed E-state index contributed by atoms with van der Waals surface area (Å²) in [6, 6.07) is 1.99. The van der Waals surface area contributed by atoms with Crippen LogP contribution in [0.15, 0.2) is 24.9 Å². The molecule has 0 aliphatic carbocycles. The largest absolute Gasteiger partial charge is 0.465 e. The van der Waals surface area contributed by atoms with Crippen LogP contribution in [0.4, 0.5) is 0 Å². The van der Waals surface area contributed by atoms with E-state index in [0.717, 1.165) is 35.6 Å². The molecule has 0 amide bonds. The Balaban J connectivity index is 0.00000109. The molecule has 0 bridgehead atoms. The van der Waals surface area contributed by atoms with Crippen molar-refractivity contribution >= 4 is 18.1 Å². The molecule has 0 N–H and O–H groups in total. The second-order valence-electron chi connectivity index (χ2n) is 5.41. The van der Waals surface area contributed by atoms with E-state index < -0.39 is 0 Å². The van der Waals surface area contributed by atoms with Gasteiger partial charge in [-0.1, -0.05) is 32.6 Å². The monoisotopic (exact) mass is 341 g/mol. The number of carbonyl (C=O) groups is 1. The molecule has 0 spiro atoms. The number of aryl methyl sites for hydroxylation is 1. The molecular formula is C20H27N3O2. The molecule has 134 valence electrons. The van der Waals surface area contributed by atoms with Gasteiger partial charge in [0.25, 0.3) is 0 Å². The average molecular weight is 341 g/mol. The number of hydrogen-bond donors (Lipinski definition) is 0. The fourth-order valence-corrected chi connectivity index (χ4v) is 3.25. The van der Waals surface area contributed by atoms with Gasteiger partial charge in [-0.05, 0) is 38.0 Å². The summed E-state index contributed by atoms with van der Waals surface area (Å²) in [5.74, 6) is -0.233. The van der Waals surface area contributed by atoms with Crippen LogP contribution in [0.5, 0.6) is 0 Å². The molecule has 2 aromatic heterocycles. The van der Waals surface area contributed by atoms with E-state index in [1.807, 2.05) is 61.2 Å². The number of esters is 1. The Morgan fingerprint density at radius 3 is 2.84 bits per heavy atom. The number of allylic oxidation sites excluding steroid dienone is 1. The van der Waals surface area contributed by atoms with Crippen molar-refractivity contribution < 1.29 is 9.53 Å². The van der Waals surface area contributed by atoms with E-state index in [1.165, 1.54) is 5.56 Å². The van der Waals surface area contributed by atoms with Crippen LogP contribution in [-0.2, 0) is 29.0 Å². The Bertz CT molecular complexity index is 781. The van der Waals surface area contributed by atoms with E-state index >= 15 is 0 Å². The fraction of sp³-hybridized carbons (Fsp3) is 0.400. The van der Waals surface area contributed by atoms with Crippen molar-refractivity contribution in [2.75, 3.05) is 6.61 Å². The van der Waals surface area contributed by atoms with Gasteiger partial charge in [0.15, 0.2) is 0 Å². The van der Waals surface area contributed by atoms with E-state index in [-0.39, 0.29) is 12.5 Å². The first-order valence-electron chi connectivity index (χ1n) is 8.89. The highest BCUT2D eigenvalue weighted by Crippen LogP contribution is 2.37. The number of nitrogens with zero attached hydrogens (tertiary/aromatic N) is 3. The molecule has 0 saturated heterocycles. The Hall–Kier alpha value is -2.56. The van der Waals surface area contributed by atoms with E-state index in [1.54, 1.807) is 6.20 Å². The van der Waals surface area contributed by atoms with E-state index in [2.05, 4.69) is 11.7 Å². The van der Waals surface area contributed by atoms with Crippen LogP contribution in [0.25, 0.3) is 23.5 Å². The molecule has 0 unspecified atom stereocenters. The quantitative estimate of drug-likeness (QED) is 0.767. The summed E-state index contributed by atoms with van der Waals surface area (Å²) >= 11 is 0. The van der Waals surface area contributed by atoms with Crippen molar-refractivity contribution in [3.05, 3.63) is 41.7 Å². The number of rotatable bonds is 5. The minimum absolute atomic E-state index is 0.189. The molecule has 3 heterocycles. The highest BCUT2D eigenvalue weighted by Gasteiger charge is 2.27. The van der Waals surface area contributed by atoms with Crippen LogP contribution in [0.2, 0.25) is 0 Å². The number of carbonyl (C=O) groups excluding carboxylic acids is 1. The van der Waals surface area contributed by atoms with Crippen molar-refractivity contribution in [1.29, 1.82) is 0 Å². The highest BCUT2D eigenvalue weighted by atomic mass is 16.5. The molecule has 25 heavy (non-hydrogen) atoms. The lowest BCUT2D eigenvalue weighted by molar-refractivity contribution is -0.143. The first-order valence-corrected chi connectivity index (χ1v) is 8.89. The number of aromatic nitrogens is 3. The Labute approximate surface area is 149 Å². The maximum absolute atomic E-state index is 12.1. The maximum Gasteiger partial charge on any atom is 0.325 e. The fourth-order valence-electron chi connectivity index (χ4n) is 3.25. The number of hydrogen-bond acceptors (Lipinski definition) is 3. The Morgan fingerprint density at radius 2 is 2.20 bits per heavy atom. The van der Waals surface area contributed by atoms with Gasteiger partial charge in [-0.2, -0.15) is 5.10 Å². The lowest BCUT2D eigenvalue weighted by atomic mass is 10.0. The summed E-state index contributed by atoms with van der Waals surface area (Å²) in [5, 5.41) is 4.37. The third kappa shape index (κ3) is 3.45. The molecule has 1 aliphatic heterocycles. The predicted octanol–water partition coefficient (Wildman–Crippen LogP) is 4.17. The molecule has 0 atom stereocenters. The predicted molar refractivity (Wildman–Crippen MR) is 102 cm³/mol. The third-order valence-electron chi connectivity index (χ3n) is 4.10. The zero-order valence-electron chi connectivity index (χ0n) is 15.6. The van der Waals surface area contributed by atoms with Crippen molar-refractivity contribution in [2.45, 2.75) is 47.2 Å². The second-order valence-corrected chi connectivity index (χ2v) is 5.41. The van der Waals surface area contributed by atoms with Crippen LogP contribution in [-0.4, -0.2) is 26.9 Å². The molecular weight excluding hydrogens is 314 g/mol. The van der Waals surface area contributed by atoms with Crippen LogP contribution < -0.4 is 0 Å². The van der Waals surface area contributed by atoms with Gasteiger partial charge in [-0.15, -0.1) is 0 Å². The van der Waals surface area contributed by atoms with E-state index in [9.17, 15) is 4.79 Å². The normalized spacial score (nSPS) is 12.2. The smallest absolute Gasteiger partial charge is 0.325 e. The summed E-state index contributed by atoms with van der Waals surface area (Å²) < 4.78 is 9.16. The van der Waals surface area contributed by atoms with Crippen molar-refractivity contribution in [1.82, 2.24) is 14.3 Å². The van der Waals surface area contributed by atoms with E-state index in [4.69, 9.17) is 4.74 Å². The van der Waals surface area contributed by atoms with Crippen LogP contribution in [0.3, 0.4) is 0 Å². The minimum atomic E-state index is -0.233. The summed E-state index contributed by atoms with van der Waals surface area (Å²) in [6.45, 7) is 13.2. The van der Waals surface area contributed by atoms with Gasteiger partial charge in [-0.3, -0.25) is 9.48 Å². The summed E-state index contributed by atoms with van der Waals surface area (Å²) in [4.78, 5) is 12.1. The van der Waals surface area contributed by atoms with Crippen LogP contribution >= 0.6 is 0 Å². The summed E-state index contributed by atoms with van der Waals surface area (Å²) in [6.07, 6.45) is 8.56. The molecule has 0 aromatic carbocycles. The molecule has 0 saturated carbocycles. The van der Waals surface area contributed by atoms with Gasteiger partial charge in [0, 0.05) is 24.0 Å². The molecule has 1 aliphatic rings. The third-order valence-corrected chi connectivity index (χ3v) is 4.10. The molecule has 5 nitrogen and oxygen atoms in total. The number of ether oxygens (including phenoxy) is 1. The van der Waals surface area contributed by atoms with Gasteiger partial charge in [0.05, 0.1) is 18.0 Å². The molecule has 0 radical (unpaired) electrons. The van der Waals surface area contributed by atoms with Crippen LogP contribution in [0.1, 0.15) is 44.5 Å². The summed E-state index contributed by atoms with van der Waals surface area (Å²) in [5.41, 5.74) is 5.40. The first kappa shape index (κ1) is 18.8. The van der Waals surface area contributed by atoms with Gasteiger partial charge >= 0.3 is 5.97 Å². The second kappa shape index (κ2) is 8.51. The van der Waals surface area contributed by atoms with Gasteiger partial charge in [0.1, 0.15) is 6.54 Å². The SMILES string of the molecule is C=Cc1c2c(n(CC(=O)OCC)c1/C=C\C)-c1ccnn1CC2.CC. The van der Waals surface area contributed by atoms with Crippen molar-refractivity contribution in [3.63, 3.8) is 0 Å². The molecule has 5 heteroatoms. The molecule has 3 rings (SSSR count). The lowest BCUT2D eigenvalue weighted by Crippen LogP contribution is -2.18. The van der Waals surface area contributed by atoms with E-state index in [0.29, 0.717) is 6.61 Å². The first-order chi connectivity index (χ1) is 12.2. The highest BCUT2D eigenvalue weighted by molar-refractivity contribution is 5.79. The average Bonchev–Trinajstić information content (AvgIpc) is 3.20. The standard InChI is InChI=1S/C18H21N3O2.C2H6/c1-4-7-15-13(5-2)14-9-11-21-16(8-10-19-21)18(14)20(15)12-17(22)23-6-3;1-2/h4-5,7-8,10H,2,6,9,11-12H2,1,3H3;1-2H3/b7-4-;. The maximum atomic E-state index is 12.1. The van der Waals surface area contributed by atoms with Gasteiger partial charge in [-0.25, -0.2) is 0 Å². The zero-order valence-corrected chi connectivity index (χ0v) is 15.6.